The summed E-state index contributed by atoms with van der Waals surface area (Å²) in [7, 11) is 0. The number of benzene rings is 1. The maximum atomic E-state index is 11.4. The molecule has 0 heterocycles. The molecule has 1 aromatic rings. The predicted molar refractivity (Wildman–Crippen MR) is 90.1 cm³/mol. The molecule has 0 spiro atoms. The first-order valence-corrected chi connectivity index (χ1v) is 8.60. The quantitative estimate of drug-likeness (QED) is 0.397. The van der Waals surface area contributed by atoms with E-state index < -0.39 is 21.2 Å². The molecule has 1 aromatic carbocycles. The van der Waals surface area contributed by atoms with Crippen molar-refractivity contribution in [3.63, 3.8) is 0 Å². The van der Waals surface area contributed by atoms with E-state index in [0.29, 0.717) is 16.2 Å². The highest BCUT2D eigenvalue weighted by Gasteiger charge is 2.47. The number of hydrogen-bond donors (Lipinski definition) is 0. The van der Waals surface area contributed by atoms with Crippen molar-refractivity contribution in [2.24, 2.45) is 5.41 Å². The average molecular weight is 432 g/mol. The predicted octanol–water partition coefficient (Wildman–Crippen LogP) is 4.19. The van der Waals surface area contributed by atoms with Gasteiger partial charge in [-0.15, -0.1) is 0 Å². The van der Waals surface area contributed by atoms with Gasteiger partial charge in [-0.1, -0.05) is 62.2 Å². The zero-order valence-corrected chi connectivity index (χ0v) is 14.5. The molecule has 1 atom stereocenters. The van der Waals surface area contributed by atoms with Gasteiger partial charge >= 0.3 is 0 Å². The Bertz CT molecular complexity index is 669. The van der Waals surface area contributed by atoms with Gasteiger partial charge in [0, 0.05) is 33.8 Å². The summed E-state index contributed by atoms with van der Waals surface area (Å²) in [6, 6.07) is 6.17. The summed E-state index contributed by atoms with van der Waals surface area (Å²) >= 11 is 6.81. The van der Waals surface area contributed by atoms with Crippen molar-refractivity contribution in [2.45, 2.75) is 5.92 Å². The minimum atomic E-state index is -0.715. The van der Waals surface area contributed by atoms with Crippen LogP contribution in [0.2, 0.25) is 0 Å². The van der Waals surface area contributed by atoms with Gasteiger partial charge in [-0.2, -0.15) is 0 Å². The van der Waals surface area contributed by atoms with Crippen molar-refractivity contribution in [3.8, 4) is 0 Å². The Kier molecular flexibility index (Phi) is 5.12. The maximum absolute atomic E-state index is 11.4. The summed E-state index contributed by atoms with van der Waals surface area (Å²) in [5.74, 6) is -0.715. The Morgan fingerprint density at radius 3 is 2.27 bits per heavy atom. The average Bonchev–Trinajstić information content (AvgIpc) is 2.53. The topological polar surface area (TPSA) is 86.3 Å². The lowest BCUT2D eigenvalue weighted by atomic mass is 9.70. The van der Waals surface area contributed by atoms with Crippen LogP contribution in [0.1, 0.15) is 11.5 Å². The highest BCUT2D eigenvalue weighted by atomic mass is 79.9. The number of rotatable bonds is 5. The molecule has 0 aliphatic heterocycles. The normalized spacial score (nSPS) is 19.5. The largest absolute Gasteiger partial charge is 0.273 e. The molecule has 0 aromatic heterocycles. The van der Waals surface area contributed by atoms with Crippen LogP contribution in [-0.2, 0) is 0 Å². The van der Waals surface area contributed by atoms with Gasteiger partial charge in [-0.3, -0.25) is 20.2 Å². The van der Waals surface area contributed by atoms with E-state index in [2.05, 4.69) is 31.9 Å². The maximum Gasteiger partial charge on any atom is 0.273 e. The van der Waals surface area contributed by atoms with E-state index in [1.165, 1.54) is 12.1 Å². The van der Waals surface area contributed by atoms with Crippen LogP contribution in [-0.4, -0.2) is 20.5 Å². The Morgan fingerprint density at radius 1 is 1.09 bits per heavy atom. The van der Waals surface area contributed by atoms with Crippen molar-refractivity contribution in [1.29, 1.82) is 0 Å². The van der Waals surface area contributed by atoms with E-state index >= 15 is 0 Å². The molecule has 1 aliphatic rings. The SMILES string of the molecule is O=[N+]([O-])C1=CC=CC(CBr)(CBr)[C@H]1c1ccccc1[N+](=O)[O-]. The minimum absolute atomic E-state index is 0.0456. The first kappa shape index (κ1) is 16.8. The molecule has 0 radical (unpaired) electrons. The van der Waals surface area contributed by atoms with Crippen LogP contribution < -0.4 is 0 Å². The summed E-state index contributed by atoms with van der Waals surface area (Å²) in [5.41, 5.74) is -0.459. The van der Waals surface area contributed by atoms with Gasteiger partial charge in [0.05, 0.1) is 15.8 Å². The standard InChI is InChI=1S/C14H12Br2N2O4/c15-8-14(9-16)7-3-6-12(18(21)22)13(14)10-4-1-2-5-11(10)17(19)20/h1-7,13H,8-9H2/t13-/m0/s1. The molecule has 116 valence electrons. The molecule has 0 amide bonds. The summed E-state index contributed by atoms with van der Waals surface area (Å²) in [6.45, 7) is 0. The van der Waals surface area contributed by atoms with E-state index in [1.54, 1.807) is 24.3 Å². The third-order valence-corrected chi connectivity index (χ3v) is 5.81. The van der Waals surface area contributed by atoms with E-state index in [9.17, 15) is 20.2 Å². The van der Waals surface area contributed by atoms with Crippen LogP contribution in [0.3, 0.4) is 0 Å². The van der Waals surface area contributed by atoms with E-state index in [0.717, 1.165) is 0 Å². The van der Waals surface area contributed by atoms with E-state index in [-0.39, 0.29) is 11.4 Å². The lowest BCUT2D eigenvalue weighted by molar-refractivity contribution is -0.433. The van der Waals surface area contributed by atoms with Gasteiger partial charge in [0.1, 0.15) is 0 Å². The summed E-state index contributed by atoms with van der Waals surface area (Å²) in [5, 5.41) is 23.6. The van der Waals surface area contributed by atoms with E-state index in [1.807, 2.05) is 6.08 Å². The molecule has 0 bridgehead atoms. The summed E-state index contributed by atoms with van der Waals surface area (Å²) in [6.07, 6.45) is 4.89. The third-order valence-electron chi connectivity index (χ3n) is 3.72. The minimum Gasteiger partial charge on any atom is -0.259 e. The molecule has 0 N–H and O–H groups in total. The highest BCUT2D eigenvalue weighted by molar-refractivity contribution is 9.09. The second-order valence-electron chi connectivity index (χ2n) is 4.96. The van der Waals surface area contributed by atoms with E-state index in [4.69, 9.17) is 0 Å². The Hall–Kier alpha value is -1.54. The molecule has 0 unspecified atom stereocenters. The number of nitro groups is 2. The number of alkyl halides is 2. The molecule has 8 heteroatoms. The fourth-order valence-electron chi connectivity index (χ4n) is 2.64. The molecule has 2 rings (SSSR count). The number of allylic oxidation sites excluding steroid dienone is 4. The molecule has 0 saturated heterocycles. The molecular formula is C14H12Br2N2O4. The zero-order chi connectivity index (χ0) is 16.3. The first-order chi connectivity index (χ1) is 10.5. The molecule has 1 aliphatic carbocycles. The van der Waals surface area contributed by atoms with Crippen molar-refractivity contribution < 1.29 is 9.85 Å². The lowest BCUT2D eigenvalue weighted by Crippen LogP contribution is -2.35. The molecule has 0 saturated carbocycles. The van der Waals surface area contributed by atoms with Crippen LogP contribution in [0, 0.1) is 25.6 Å². The fourth-order valence-corrected chi connectivity index (χ4v) is 4.59. The monoisotopic (exact) mass is 430 g/mol. The number of nitro benzene ring substituents is 1. The van der Waals surface area contributed by atoms with Crippen molar-refractivity contribution >= 4 is 37.5 Å². The summed E-state index contributed by atoms with van der Waals surface area (Å²) in [4.78, 5) is 21.8. The molecule has 0 fully saturated rings. The summed E-state index contributed by atoms with van der Waals surface area (Å²) < 4.78 is 0. The second kappa shape index (κ2) is 6.70. The van der Waals surface area contributed by atoms with Crippen molar-refractivity contribution in [1.82, 2.24) is 0 Å². The smallest absolute Gasteiger partial charge is 0.259 e. The third kappa shape index (κ3) is 2.85. The van der Waals surface area contributed by atoms with Gasteiger partial charge < -0.3 is 0 Å². The Labute approximate surface area is 143 Å². The van der Waals surface area contributed by atoms with Gasteiger partial charge in [0.2, 0.25) is 0 Å². The van der Waals surface area contributed by atoms with Gasteiger partial charge in [-0.25, -0.2) is 0 Å². The number of hydrogen-bond acceptors (Lipinski definition) is 4. The zero-order valence-electron chi connectivity index (χ0n) is 11.3. The Balaban J connectivity index is 2.71. The Morgan fingerprint density at radius 2 is 1.73 bits per heavy atom. The first-order valence-electron chi connectivity index (χ1n) is 6.36. The van der Waals surface area contributed by atoms with Crippen LogP contribution in [0.5, 0.6) is 0 Å². The van der Waals surface area contributed by atoms with Crippen LogP contribution in [0.25, 0.3) is 0 Å². The number of para-hydroxylation sites is 1. The number of halogens is 2. The van der Waals surface area contributed by atoms with Gasteiger partial charge in [0.15, 0.2) is 0 Å². The van der Waals surface area contributed by atoms with Crippen LogP contribution in [0.15, 0.2) is 48.2 Å². The second-order valence-corrected chi connectivity index (χ2v) is 6.08. The van der Waals surface area contributed by atoms with Crippen molar-refractivity contribution in [3.05, 3.63) is 74.0 Å². The van der Waals surface area contributed by atoms with Gasteiger partial charge in [0.25, 0.3) is 11.4 Å². The van der Waals surface area contributed by atoms with Crippen molar-refractivity contribution in [2.75, 3.05) is 10.7 Å². The molecule has 6 nitrogen and oxygen atoms in total. The lowest BCUT2D eigenvalue weighted by Gasteiger charge is -2.35. The molecule has 22 heavy (non-hydrogen) atoms. The highest BCUT2D eigenvalue weighted by Crippen LogP contribution is 2.49. The van der Waals surface area contributed by atoms with Gasteiger partial charge in [-0.05, 0) is 0 Å². The molecular weight excluding hydrogens is 420 g/mol. The van der Waals surface area contributed by atoms with Crippen LogP contribution in [0.4, 0.5) is 5.69 Å². The number of nitrogens with zero attached hydrogens (tertiary/aromatic N) is 2. The van der Waals surface area contributed by atoms with Crippen LogP contribution >= 0.6 is 31.9 Å². The fraction of sp³-hybridized carbons (Fsp3) is 0.286.